The lowest BCUT2D eigenvalue weighted by Crippen LogP contribution is -2.37. The zero-order valence-corrected chi connectivity index (χ0v) is 14.0. The van der Waals surface area contributed by atoms with E-state index < -0.39 is 0 Å². The molecule has 0 bridgehead atoms. The summed E-state index contributed by atoms with van der Waals surface area (Å²) in [4.78, 5) is 18.9. The number of nitrogens with zero attached hydrogens (tertiary/aromatic N) is 2. The third kappa shape index (κ3) is 3.61. The number of hydrogen-bond donors (Lipinski definition) is 0. The maximum absolute atomic E-state index is 12.7. The first kappa shape index (κ1) is 15.7. The fourth-order valence-corrected chi connectivity index (χ4v) is 3.04. The molecule has 1 amide bonds. The Balaban J connectivity index is 1.80. The number of piperidine rings is 1. The number of rotatable bonds is 3. The van der Waals surface area contributed by atoms with Crippen LogP contribution in [0.15, 0.2) is 42.7 Å². The van der Waals surface area contributed by atoms with Gasteiger partial charge in [-0.3, -0.25) is 9.78 Å². The lowest BCUT2D eigenvalue weighted by atomic mass is 9.98. The van der Waals surface area contributed by atoms with Crippen molar-refractivity contribution in [3.05, 3.63) is 53.9 Å². The highest BCUT2D eigenvalue weighted by molar-refractivity contribution is 5.95. The van der Waals surface area contributed by atoms with Crippen LogP contribution in [0.5, 0.6) is 0 Å². The highest BCUT2D eigenvalue weighted by Crippen LogP contribution is 2.22. The molecule has 1 aromatic heterocycles. The molecule has 1 aliphatic rings. The highest BCUT2D eigenvalue weighted by Gasteiger charge is 2.21. The summed E-state index contributed by atoms with van der Waals surface area (Å²) in [5, 5.41) is 0. The fraction of sp³-hybridized carbons (Fsp3) is 0.400. The molecule has 23 heavy (non-hydrogen) atoms. The molecule has 2 aromatic rings. The molecule has 3 nitrogen and oxygen atoms in total. The molecule has 0 radical (unpaired) electrons. The standard InChI is InChI=1S/C20H24N2O/c1-3-16-4-6-17(7-5-16)18-12-19(14-21-13-18)20(23)22-10-8-15(2)9-11-22/h4-7,12-15H,3,8-11H2,1-2H3. The first-order valence-electron chi connectivity index (χ1n) is 8.51. The molecule has 0 saturated carbocycles. The average molecular weight is 308 g/mol. The topological polar surface area (TPSA) is 33.2 Å². The number of carbonyl (C=O) groups is 1. The third-order valence-corrected chi connectivity index (χ3v) is 4.75. The molecule has 3 heteroatoms. The van der Waals surface area contributed by atoms with E-state index in [0.717, 1.165) is 49.4 Å². The van der Waals surface area contributed by atoms with Crippen LogP contribution in [-0.2, 0) is 6.42 Å². The minimum atomic E-state index is 0.108. The lowest BCUT2D eigenvalue weighted by molar-refractivity contribution is 0.0697. The van der Waals surface area contributed by atoms with Gasteiger partial charge in [0.25, 0.3) is 5.91 Å². The minimum Gasteiger partial charge on any atom is -0.339 e. The molecule has 0 aliphatic carbocycles. The summed E-state index contributed by atoms with van der Waals surface area (Å²) in [6.07, 6.45) is 6.74. The van der Waals surface area contributed by atoms with Crippen molar-refractivity contribution >= 4 is 5.91 Å². The second kappa shape index (κ2) is 6.95. The normalized spacial score (nSPS) is 15.7. The first-order valence-corrected chi connectivity index (χ1v) is 8.51. The second-order valence-corrected chi connectivity index (χ2v) is 6.49. The Morgan fingerprint density at radius 2 is 1.83 bits per heavy atom. The number of hydrogen-bond acceptors (Lipinski definition) is 2. The van der Waals surface area contributed by atoms with Crippen LogP contribution < -0.4 is 0 Å². The molecule has 3 rings (SSSR count). The highest BCUT2D eigenvalue weighted by atomic mass is 16.2. The van der Waals surface area contributed by atoms with E-state index in [2.05, 4.69) is 43.1 Å². The van der Waals surface area contributed by atoms with Crippen molar-refractivity contribution in [3.8, 4) is 11.1 Å². The van der Waals surface area contributed by atoms with E-state index in [-0.39, 0.29) is 5.91 Å². The van der Waals surface area contributed by atoms with Crippen molar-refractivity contribution in [1.29, 1.82) is 0 Å². The predicted molar refractivity (Wildman–Crippen MR) is 93.4 cm³/mol. The Hall–Kier alpha value is -2.16. The summed E-state index contributed by atoms with van der Waals surface area (Å²) in [5.74, 6) is 0.831. The van der Waals surface area contributed by atoms with Gasteiger partial charge in [-0.05, 0) is 42.4 Å². The SMILES string of the molecule is CCc1ccc(-c2cncc(C(=O)N3CCC(C)CC3)c2)cc1. The van der Waals surface area contributed by atoms with Crippen molar-refractivity contribution in [3.63, 3.8) is 0 Å². The zero-order valence-electron chi connectivity index (χ0n) is 14.0. The van der Waals surface area contributed by atoms with Crippen molar-refractivity contribution in [1.82, 2.24) is 9.88 Å². The summed E-state index contributed by atoms with van der Waals surface area (Å²) in [7, 11) is 0. The fourth-order valence-electron chi connectivity index (χ4n) is 3.04. The number of likely N-dealkylation sites (tertiary alicyclic amines) is 1. The van der Waals surface area contributed by atoms with Gasteiger partial charge in [0.2, 0.25) is 0 Å². The third-order valence-electron chi connectivity index (χ3n) is 4.75. The zero-order chi connectivity index (χ0) is 16.2. The van der Waals surface area contributed by atoms with Crippen LogP contribution in [-0.4, -0.2) is 28.9 Å². The van der Waals surface area contributed by atoms with Gasteiger partial charge in [-0.2, -0.15) is 0 Å². The molecular formula is C20H24N2O. The number of pyridine rings is 1. The Morgan fingerprint density at radius 3 is 2.48 bits per heavy atom. The van der Waals surface area contributed by atoms with Crippen LogP contribution in [0.25, 0.3) is 11.1 Å². The van der Waals surface area contributed by atoms with Crippen LogP contribution in [0.3, 0.4) is 0 Å². The van der Waals surface area contributed by atoms with Crippen LogP contribution in [0, 0.1) is 5.92 Å². The Bertz CT molecular complexity index is 670. The lowest BCUT2D eigenvalue weighted by Gasteiger charge is -2.30. The molecule has 2 heterocycles. The smallest absolute Gasteiger partial charge is 0.255 e. The van der Waals surface area contributed by atoms with Gasteiger partial charge < -0.3 is 4.90 Å². The molecule has 120 valence electrons. The molecule has 0 unspecified atom stereocenters. The van der Waals surface area contributed by atoms with Gasteiger partial charge in [-0.1, -0.05) is 38.1 Å². The van der Waals surface area contributed by atoms with E-state index in [0.29, 0.717) is 5.56 Å². The maximum Gasteiger partial charge on any atom is 0.255 e. The molecule has 1 saturated heterocycles. The van der Waals surface area contributed by atoms with Gasteiger partial charge in [0.1, 0.15) is 0 Å². The van der Waals surface area contributed by atoms with E-state index in [9.17, 15) is 4.79 Å². The molecular weight excluding hydrogens is 284 g/mol. The number of benzene rings is 1. The number of carbonyl (C=O) groups excluding carboxylic acids is 1. The molecule has 0 spiro atoms. The number of amides is 1. The van der Waals surface area contributed by atoms with Gasteiger partial charge >= 0.3 is 0 Å². The van der Waals surface area contributed by atoms with Crippen LogP contribution >= 0.6 is 0 Å². The molecule has 1 aliphatic heterocycles. The monoisotopic (exact) mass is 308 g/mol. The summed E-state index contributed by atoms with van der Waals surface area (Å²) in [6.45, 7) is 6.12. The Labute approximate surface area is 138 Å². The predicted octanol–water partition coefficient (Wildman–Crippen LogP) is 4.18. The van der Waals surface area contributed by atoms with E-state index in [1.807, 2.05) is 17.2 Å². The maximum atomic E-state index is 12.7. The van der Waals surface area contributed by atoms with Crippen molar-refractivity contribution < 1.29 is 4.79 Å². The van der Waals surface area contributed by atoms with Gasteiger partial charge in [-0.15, -0.1) is 0 Å². The summed E-state index contributed by atoms with van der Waals surface area (Å²) < 4.78 is 0. The minimum absolute atomic E-state index is 0.108. The molecule has 0 N–H and O–H groups in total. The summed E-state index contributed by atoms with van der Waals surface area (Å²) >= 11 is 0. The number of aromatic nitrogens is 1. The summed E-state index contributed by atoms with van der Waals surface area (Å²) in [5.41, 5.74) is 4.12. The quantitative estimate of drug-likeness (QED) is 0.852. The van der Waals surface area contributed by atoms with Gasteiger partial charge in [0.15, 0.2) is 0 Å². The van der Waals surface area contributed by atoms with Gasteiger partial charge in [-0.25, -0.2) is 0 Å². The van der Waals surface area contributed by atoms with Crippen LogP contribution in [0.2, 0.25) is 0 Å². The van der Waals surface area contributed by atoms with Crippen LogP contribution in [0.4, 0.5) is 0 Å². The Morgan fingerprint density at radius 1 is 1.13 bits per heavy atom. The molecule has 1 fully saturated rings. The Kier molecular flexibility index (Phi) is 4.75. The first-order chi connectivity index (χ1) is 11.2. The van der Waals surface area contributed by atoms with Crippen molar-refractivity contribution in [2.24, 2.45) is 5.92 Å². The van der Waals surface area contributed by atoms with Crippen LogP contribution in [0.1, 0.15) is 42.6 Å². The van der Waals surface area contributed by atoms with E-state index in [1.165, 1.54) is 5.56 Å². The largest absolute Gasteiger partial charge is 0.339 e. The van der Waals surface area contributed by atoms with E-state index >= 15 is 0 Å². The van der Waals surface area contributed by atoms with E-state index in [4.69, 9.17) is 0 Å². The molecule has 0 atom stereocenters. The summed E-state index contributed by atoms with van der Waals surface area (Å²) in [6, 6.07) is 10.4. The van der Waals surface area contributed by atoms with E-state index in [1.54, 1.807) is 6.20 Å². The molecule has 1 aromatic carbocycles. The van der Waals surface area contributed by atoms with Gasteiger partial charge in [0.05, 0.1) is 5.56 Å². The second-order valence-electron chi connectivity index (χ2n) is 6.49. The van der Waals surface area contributed by atoms with Crippen molar-refractivity contribution in [2.45, 2.75) is 33.1 Å². The van der Waals surface area contributed by atoms with Crippen molar-refractivity contribution in [2.75, 3.05) is 13.1 Å². The number of aryl methyl sites for hydroxylation is 1. The average Bonchev–Trinajstić information content (AvgIpc) is 2.62. The van der Waals surface area contributed by atoms with Gasteiger partial charge in [0, 0.05) is 31.0 Å².